The zero-order chi connectivity index (χ0) is 24.5. The van der Waals surface area contributed by atoms with Crippen molar-refractivity contribution >= 4 is 39.0 Å². The van der Waals surface area contributed by atoms with Gasteiger partial charge in [-0.05, 0) is 61.5 Å². The van der Waals surface area contributed by atoms with Crippen molar-refractivity contribution in [3.05, 3.63) is 106 Å². The van der Waals surface area contributed by atoms with Crippen molar-refractivity contribution in [2.75, 3.05) is 5.32 Å². The SMILES string of the molecule is Cc1ccc(N=c2oc3c(C)ncc(CO)c3cc2C(=O)Nc2cccc3ccccc23)cc1C. The number of aliphatic hydroxyl groups excluding tert-OH is 1. The average molecular weight is 464 g/mol. The van der Waals surface area contributed by atoms with Crippen LogP contribution in [0.4, 0.5) is 11.4 Å². The first-order chi connectivity index (χ1) is 16.9. The highest BCUT2D eigenvalue weighted by atomic mass is 16.3. The van der Waals surface area contributed by atoms with Gasteiger partial charge in [0.15, 0.2) is 5.58 Å². The lowest BCUT2D eigenvalue weighted by Gasteiger charge is -2.11. The molecule has 3 aromatic carbocycles. The molecule has 0 atom stereocenters. The average Bonchev–Trinajstić information content (AvgIpc) is 2.86. The van der Waals surface area contributed by atoms with Gasteiger partial charge in [0, 0.05) is 28.2 Å². The molecular weight excluding hydrogens is 438 g/mol. The highest BCUT2D eigenvalue weighted by Gasteiger charge is 2.17. The largest absolute Gasteiger partial charge is 0.436 e. The maximum atomic E-state index is 13.6. The highest BCUT2D eigenvalue weighted by molar-refractivity contribution is 6.10. The van der Waals surface area contributed by atoms with Crippen molar-refractivity contribution < 1.29 is 14.3 Å². The number of anilines is 1. The van der Waals surface area contributed by atoms with Crippen molar-refractivity contribution in [1.82, 2.24) is 4.98 Å². The zero-order valence-corrected chi connectivity index (χ0v) is 19.8. The Hall–Kier alpha value is -4.29. The predicted molar refractivity (Wildman–Crippen MR) is 138 cm³/mol. The molecule has 0 aliphatic carbocycles. The Balaban J connectivity index is 1.71. The molecule has 5 aromatic rings. The number of nitrogens with one attached hydrogen (secondary N) is 1. The van der Waals surface area contributed by atoms with Gasteiger partial charge < -0.3 is 14.8 Å². The Kier molecular flexibility index (Phi) is 5.89. The highest BCUT2D eigenvalue weighted by Crippen LogP contribution is 2.25. The van der Waals surface area contributed by atoms with Gasteiger partial charge in [0.2, 0.25) is 5.55 Å². The second-order valence-electron chi connectivity index (χ2n) is 8.60. The Bertz CT molecular complexity index is 1660. The zero-order valence-electron chi connectivity index (χ0n) is 19.8. The molecule has 35 heavy (non-hydrogen) atoms. The summed E-state index contributed by atoms with van der Waals surface area (Å²) in [6.07, 6.45) is 1.60. The summed E-state index contributed by atoms with van der Waals surface area (Å²) in [5, 5.41) is 15.5. The molecule has 6 heteroatoms. The molecule has 0 aliphatic heterocycles. The van der Waals surface area contributed by atoms with Gasteiger partial charge in [-0.1, -0.05) is 42.5 Å². The third kappa shape index (κ3) is 4.32. The van der Waals surface area contributed by atoms with E-state index in [1.165, 1.54) is 0 Å². The molecule has 5 rings (SSSR count). The van der Waals surface area contributed by atoms with Gasteiger partial charge >= 0.3 is 0 Å². The summed E-state index contributed by atoms with van der Waals surface area (Å²) in [5.74, 6) is -0.354. The fraction of sp³-hybridized carbons (Fsp3) is 0.138. The predicted octanol–water partition coefficient (Wildman–Crippen LogP) is 5.88. The molecule has 2 heterocycles. The van der Waals surface area contributed by atoms with Crippen LogP contribution in [0, 0.1) is 20.8 Å². The number of aliphatic hydroxyl groups is 1. The van der Waals surface area contributed by atoms with Crippen molar-refractivity contribution in [2.45, 2.75) is 27.4 Å². The maximum Gasteiger partial charge on any atom is 0.261 e. The summed E-state index contributed by atoms with van der Waals surface area (Å²) in [4.78, 5) is 22.6. The van der Waals surface area contributed by atoms with E-state index in [4.69, 9.17) is 9.41 Å². The summed E-state index contributed by atoms with van der Waals surface area (Å²) >= 11 is 0. The van der Waals surface area contributed by atoms with Crippen LogP contribution < -0.4 is 10.9 Å². The molecule has 1 amide bonds. The summed E-state index contributed by atoms with van der Waals surface area (Å²) in [6.45, 7) is 5.65. The number of carbonyl (C=O) groups is 1. The second-order valence-corrected chi connectivity index (χ2v) is 8.60. The number of carbonyl (C=O) groups excluding carboxylic acids is 1. The molecule has 6 nitrogen and oxygen atoms in total. The van der Waals surface area contributed by atoms with Crippen LogP contribution in [0.15, 0.2) is 82.3 Å². The summed E-state index contributed by atoms with van der Waals surface area (Å²) < 4.78 is 6.19. The van der Waals surface area contributed by atoms with Crippen molar-refractivity contribution in [1.29, 1.82) is 0 Å². The van der Waals surface area contributed by atoms with Crippen LogP contribution in [0.1, 0.15) is 32.7 Å². The molecule has 0 saturated carbocycles. The number of nitrogens with zero attached hydrogens (tertiary/aromatic N) is 2. The van der Waals surface area contributed by atoms with Gasteiger partial charge in [-0.2, -0.15) is 0 Å². The van der Waals surface area contributed by atoms with Crippen LogP contribution in [0.5, 0.6) is 0 Å². The van der Waals surface area contributed by atoms with E-state index in [0.29, 0.717) is 33.6 Å². The summed E-state index contributed by atoms with van der Waals surface area (Å²) in [7, 11) is 0. The van der Waals surface area contributed by atoms with E-state index >= 15 is 0 Å². The van der Waals surface area contributed by atoms with E-state index in [1.807, 2.05) is 81.4 Å². The molecule has 0 spiro atoms. The summed E-state index contributed by atoms with van der Waals surface area (Å²) in [6, 6.07) is 21.2. The lowest BCUT2D eigenvalue weighted by atomic mass is 10.1. The van der Waals surface area contributed by atoms with E-state index in [2.05, 4.69) is 10.3 Å². The van der Waals surface area contributed by atoms with Gasteiger partial charge in [0.1, 0.15) is 5.56 Å². The quantitative estimate of drug-likeness (QED) is 0.348. The Morgan fingerprint density at radius 1 is 0.971 bits per heavy atom. The Morgan fingerprint density at radius 2 is 1.77 bits per heavy atom. The minimum absolute atomic E-state index is 0.179. The molecule has 0 aliphatic rings. The van der Waals surface area contributed by atoms with Gasteiger partial charge in [-0.15, -0.1) is 0 Å². The molecule has 0 saturated heterocycles. The maximum absolute atomic E-state index is 13.6. The van der Waals surface area contributed by atoms with Crippen LogP contribution in [0.3, 0.4) is 0 Å². The second kappa shape index (κ2) is 9.16. The molecule has 174 valence electrons. The summed E-state index contributed by atoms with van der Waals surface area (Å²) in [5.41, 5.74) is 5.78. The standard InChI is InChI=1S/C29H25N3O3/c1-17-11-12-22(13-18(17)2)31-29-25(14-24-21(16-33)15-30-19(3)27(24)35-29)28(34)32-26-10-6-8-20-7-4-5-9-23(20)26/h4-15,33H,16H2,1-3H3,(H,32,34). The van der Waals surface area contributed by atoms with Crippen LogP contribution in [-0.2, 0) is 6.61 Å². The molecule has 0 bridgehead atoms. The third-order valence-corrected chi connectivity index (χ3v) is 6.22. The number of hydrogen-bond acceptors (Lipinski definition) is 5. The van der Waals surface area contributed by atoms with Crippen LogP contribution >= 0.6 is 0 Å². The Labute approximate surface area is 202 Å². The smallest absolute Gasteiger partial charge is 0.261 e. The first-order valence-electron chi connectivity index (χ1n) is 11.4. The molecule has 0 radical (unpaired) electrons. The van der Waals surface area contributed by atoms with E-state index in [9.17, 15) is 9.90 Å². The van der Waals surface area contributed by atoms with Gasteiger partial charge in [0.05, 0.1) is 18.0 Å². The van der Waals surface area contributed by atoms with E-state index in [-0.39, 0.29) is 23.6 Å². The lowest BCUT2D eigenvalue weighted by Crippen LogP contribution is -2.22. The first kappa shape index (κ1) is 22.5. The van der Waals surface area contributed by atoms with Crippen LogP contribution in [0.25, 0.3) is 21.7 Å². The number of hydrogen-bond donors (Lipinski definition) is 2. The topological polar surface area (TPSA) is 87.7 Å². The minimum atomic E-state index is -0.354. The van der Waals surface area contributed by atoms with Gasteiger partial charge in [-0.25, -0.2) is 4.99 Å². The van der Waals surface area contributed by atoms with E-state index in [0.717, 1.165) is 21.9 Å². The fourth-order valence-corrected chi connectivity index (χ4v) is 4.10. The van der Waals surface area contributed by atoms with Crippen molar-refractivity contribution in [3.63, 3.8) is 0 Å². The molecular formula is C29H25N3O3. The van der Waals surface area contributed by atoms with Gasteiger partial charge in [-0.3, -0.25) is 9.78 Å². The number of aromatic nitrogens is 1. The number of amides is 1. The number of benzene rings is 3. The van der Waals surface area contributed by atoms with Gasteiger partial charge in [0.25, 0.3) is 5.91 Å². The van der Waals surface area contributed by atoms with Crippen molar-refractivity contribution in [3.8, 4) is 0 Å². The lowest BCUT2D eigenvalue weighted by molar-refractivity contribution is 0.102. The fourth-order valence-electron chi connectivity index (χ4n) is 4.10. The van der Waals surface area contributed by atoms with E-state index < -0.39 is 0 Å². The molecule has 2 aromatic heterocycles. The Morgan fingerprint density at radius 3 is 2.57 bits per heavy atom. The van der Waals surface area contributed by atoms with Crippen LogP contribution in [0.2, 0.25) is 0 Å². The minimum Gasteiger partial charge on any atom is -0.436 e. The van der Waals surface area contributed by atoms with Crippen molar-refractivity contribution in [2.24, 2.45) is 4.99 Å². The molecule has 0 fully saturated rings. The molecule has 2 N–H and O–H groups in total. The van der Waals surface area contributed by atoms with E-state index in [1.54, 1.807) is 12.3 Å². The third-order valence-electron chi connectivity index (χ3n) is 6.22. The normalized spacial score (nSPS) is 11.8. The first-order valence-corrected chi connectivity index (χ1v) is 11.4. The van der Waals surface area contributed by atoms with Crippen LogP contribution in [-0.4, -0.2) is 16.0 Å². The monoisotopic (exact) mass is 463 g/mol. The molecule has 0 unspecified atom stereocenters. The number of aryl methyl sites for hydroxylation is 3. The number of fused-ring (bicyclic) bond motifs is 2. The number of rotatable bonds is 4. The number of pyridine rings is 1.